The van der Waals surface area contributed by atoms with E-state index in [2.05, 4.69) is 17.1 Å². The summed E-state index contributed by atoms with van der Waals surface area (Å²) in [5.41, 5.74) is 0.986. The SMILES string of the molecule is CCC[C@H](c1c(Cl)ccc(Cl)c1Cl)N1CCNCC1. The molecule has 1 N–H and O–H groups in total. The zero-order valence-corrected chi connectivity index (χ0v) is 13.3. The van der Waals surface area contributed by atoms with Crippen LogP contribution in [0.15, 0.2) is 12.1 Å². The number of nitrogens with zero attached hydrogens (tertiary/aromatic N) is 1. The molecule has 1 aliphatic rings. The molecule has 0 aromatic heterocycles. The van der Waals surface area contributed by atoms with Crippen LogP contribution in [0.1, 0.15) is 31.4 Å². The van der Waals surface area contributed by atoms with Gasteiger partial charge in [-0.15, -0.1) is 0 Å². The van der Waals surface area contributed by atoms with Crippen molar-refractivity contribution in [3.63, 3.8) is 0 Å². The molecular formula is C14H19Cl3N2. The number of hydrogen-bond acceptors (Lipinski definition) is 2. The van der Waals surface area contributed by atoms with Crippen molar-refractivity contribution < 1.29 is 0 Å². The fourth-order valence-electron chi connectivity index (χ4n) is 2.62. The lowest BCUT2D eigenvalue weighted by molar-refractivity contribution is 0.165. The molecule has 0 bridgehead atoms. The molecule has 2 rings (SSSR count). The summed E-state index contributed by atoms with van der Waals surface area (Å²) in [6, 6.07) is 3.86. The molecule has 5 heteroatoms. The van der Waals surface area contributed by atoms with E-state index in [9.17, 15) is 0 Å². The lowest BCUT2D eigenvalue weighted by Crippen LogP contribution is -2.45. The first kappa shape index (κ1) is 15.4. The second-order valence-electron chi connectivity index (χ2n) is 4.85. The molecule has 0 radical (unpaired) electrons. The van der Waals surface area contributed by atoms with Gasteiger partial charge in [-0.25, -0.2) is 0 Å². The van der Waals surface area contributed by atoms with Gasteiger partial charge in [0.2, 0.25) is 0 Å². The highest BCUT2D eigenvalue weighted by molar-refractivity contribution is 6.44. The summed E-state index contributed by atoms with van der Waals surface area (Å²) in [4.78, 5) is 2.45. The Morgan fingerprint density at radius 1 is 1.16 bits per heavy atom. The Morgan fingerprint density at radius 2 is 1.79 bits per heavy atom. The van der Waals surface area contributed by atoms with Crippen LogP contribution < -0.4 is 5.32 Å². The first-order chi connectivity index (χ1) is 9.15. The molecule has 1 fully saturated rings. The molecule has 0 amide bonds. The maximum atomic E-state index is 6.39. The van der Waals surface area contributed by atoms with Gasteiger partial charge in [-0.05, 0) is 18.6 Å². The van der Waals surface area contributed by atoms with Gasteiger partial charge in [0.15, 0.2) is 0 Å². The Morgan fingerprint density at radius 3 is 2.42 bits per heavy atom. The predicted molar refractivity (Wildman–Crippen MR) is 83.6 cm³/mol. The van der Waals surface area contributed by atoms with Crippen molar-refractivity contribution in [2.75, 3.05) is 26.2 Å². The molecule has 2 nitrogen and oxygen atoms in total. The molecule has 0 spiro atoms. The largest absolute Gasteiger partial charge is 0.314 e. The van der Waals surface area contributed by atoms with Crippen molar-refractivity contribution in [3.8, 4) is 0 Å². The van der Waals surface area contributed by atoms with Gasteiger partial charge in [0, 0.05) is 42.8 Å². The van der Waals surface area contributed by atoms with Crippen LogP contribution in [0, 0.1) is 0 Å². The third kappa shape index (κ3) is 3.56. The number of rotatable bonds is 4. The fraction of sp³-hybridized carbons (Fsp3) is 0.571. The number of halogens is 3. The molecule has 1 aromatic carbocycles. The van der Waals surface area contributed by atoms with E-state index >= 15 is 0 Å². The molecule has 1 atom stereocenters. The third-order valence-electron chi connectivity index (χ3n) is 3.57. The molecule has 1 saturated heterocycles. The second-order valence-corrected chi connectivity index (χ2v) is 6.04. The Labute approximate surface area is 130 Å². The van der Waals surface area contributed by atoms with E-state index in [-0.39, 0.29) is 6.04 Å². The summed E-state index contributed by atoms with van der Waals surface area (Å²) in [7, 11) is 0. The number of piperazine rings is 1. The minimum absolute atomic E-state index is 0.255. The lowest BCUT2D eigenvalue weighted by atomic mass is 9.99. The standard InChI is InChI=1S/C14H19Cl3N2/c1-2-3-12(19-8-6-18-7-9-19)13-10(15)4-5-11(16)14(13)17/h4-5,12,18H,2-3,6-9H2,1H3/t12-/m1/s1. The van der Waals surface area contributed by atoms with Crippen molar-refractivity contribution in [2.45, 2.75) is 25.8 Å². The zero-order valence-electron chi connectivity index (χ0n) is 11.1. The van der Waals surface area contributed by atoms with Crippen LogP contribution in [0.2, 0.25) is 15.1 Å². The van der Waals surface area contributed by atoms with E-state index in [1.165, 1.54) is 0 Å². The van der Waals surface area contributed by atoms with Gasteiger partial charge in [0.05, 0.1) is 10.0 Å². The summed E-state index contributed by atoms with van der Waals surface area (Å²) in [6.45, 7) is 6.24. The van der Waals surface area contributed by atoms with Gasteiger partial charge in [-0.1, -0.05) is 48.1 Å². The Kier molecular flexibility index (Phi) is 5.79. The minimum Gasteiger partial charge on any atom is -0.314 e. The quantitative estimate of drug-likeness (QED) is 0.827. The average Bonchev–Trinajstić information content (AvgIpc) is 2.43. The number of nitrogens with one attached hydrogen (secondary N) is 1. The van der Waals surface area contributed by atoms with Crippen LogP contribution in [-0.4, -0.2) is 31.1 Å². The topological polar surface area (TPSA) is 15.3 Å². The zero-order chi connectivity index (χ0) is 13.8. The lowest BCUT2D eigenvalue weighted by Gasteiger charge is -2.36. The summed E-state index contributed by atoms with van der Waals surface area (Å²) >= 11 is 18.9. The van der Waals surface area contributed by atoms with Crippen molar-refractivity contribution in [1.82, 2.24) is 10.2 Å². The van der Waals surface area contributed by atoms with Crippen molar-refractivity contribution in [3.05, 3.63) is 32.8 Å². The van der Waals surface area contributed by atoms with Crippen LogP contribution in [0.3, 0.4) is 0 Å². The maximum absolute atomic E-state index is 6.39. The number of hydrogen-bond donors (Lipinski definition) is 1. The minimum atomic E-state index is 0.255. The Hall–Kier alpha value is 0.01000. The fourth-order valence-corrected chi connectivity index (χ4v) is 3.41. The van der Waals surface area contributed by atoms with Gasteiger partial charge < -0.3 is 5.32 Å². The van der Waals surface area contributed by atoms with Gasteiger partial charge in [0.1, 0.15) is 0 Å². The maximum Gasteiger partial charge on any atom is 0.0655 e. The van der Waals surface area contributed by atoms with Crippen LogP contribution in [0.4, 0.5) is 0 Å². The summed E-state index contributed by atoms with van der Waals surface area (Å²) in [6.07, 6.45) is 2.13. The van der Waals surface area contributed by atoms with Gasteiger partial charge >= 0.3 is 0 Å². The summed E-state index contributed by atoms with van der Waals surface area (Å²) in [5.74, 6) is 0. The van der Waals surface area contributed by atoms with E-state index in [0.29, 0.717) is 15.1 Å². The number of benzene rings is 1. The highest BCUT2D eigenvalue weighted by Crippen LogP contribution is 2.40. The molecule has 0 saturated carbocycles. The molecule has 1 heterocycles. The predicted octanol–water partition coefficient (Wildman–Crippen LogP) is 4.39. The molecule has 106 valence electrons. The normalized spacial score (nSPS) is 18.5. The van der Waals surface area contributed by atoms with Crippen LogP contribution in [0.5, 0.6) is 0 Å². The van der Waals surface area contributed by atoms with Crippen LogP contribution in [0.25, 0.3) is 0 Å². The van der Waals surface area contributed by atoms with E-state index in [1.807, 2.05) is 6.07 Å². The van der Waals surface area contributed by atoms with Crippen molar-refractivity contribution in [1.29, 1.82) is 0 Å². The highest BCUT2D eigenvalue weighted by atomic mass is 35.5. The molecular weight excluding hydrogens is 303 g/mol. The molecule has 1 aromatic rings. The average molecular weight is 322 g/mol. The first-order valence-electron chi connectivity index (χ1n) is 6.73. The van der Waals surface area contributed by atoms with Gasteiger partial charge in [-0.2, -0.15) is 0 Å². The monoisotopic (exact) mass is 320 g/mol. The molecule has 1 aliphatic heterocycles. The van der Waals surface area contributed by atoms with Crippen molar-refractivity contribution >= 4 is 34.8 Å². The van der Waals surface area contributed by atoms with E-state index in [1.54, 1.807) is 6.07 Å². The van der Waals surface area contributed by atoms with Crippen LogP contribution >= 0.6 is 34.8 Å². The van der Waals surface area contributed by atoms with Gasteiger partial charge in [0.25, 0.3) is 0 Å². The Bertz CT molecular complexity index is 431. The van der Waals surface area contributed by atoms with E-state index in [0.717, 1.165) is 44.6 Å². The highest BCUT2D eigenvalue weighted by Gasteiger charge is 2.26. The van der Waals surface area contributed by atoms with E-state index < -0.39 is 0 Å². The van der Waals surface area contributed by atoms with Crippen molar-refractivity contribution in [2.24, 2.45) is 0 Å². The smallest absolute Gasteiger partial charge is 0.0655 e. The van der Waals surface area contributed by atoms with E-state index in [4.69, 9.17) is 34.8 Å². The Balaban J connectivity index is 2.35. The molecule has 19 heavy (non-hydrogen) atoms. The molecule has 0 aliphatic carbocycles. The second kappa shape index (κ2) is 7.14. The van der Waals surface area contributed by atoms with Gasteiger partial charge in [-0.3, -0.25) is 4.90 Å². The third-order valence-corrected chi connectivity index (χ3v) is 4.72. The molecule has 0 unspecified atom stereocenters. The van der Waals surface area contributed by atoms with Crippen LogP contribution in [-0.2, 0) is 0 Å². The first-order valence-corrected chi connectivity index (χ1v) is 7.86. The summed E-state index contributed by atoms with van der Waals surface area (Å²) < 4.78 is 0. The summed E-state index contributed by atoms with van der Waals surface area (Å²) in [5, 5.41) is 5.27.